The van der Waals surface area contributed by atoms with Crippen molar-refractivity contribution >= 4 is 293 Å². The van der Waals surface area contributed by atoms with Gasteiger partial charge >= 0.3 is 293 Å². The Hall–Kier alpha value is 11.7. The van der Waals surface area contributed by atoms with Gasteiger partial charge in [0.25, 0.3) is 0 Å². The van der Waals surface area contributed by atoms with Gasteiger partial charge < -0.3 is 112 Å². The van der Waals surface area contributed by atoms with Crippen molar-refractivity contribution in [1.82, 2.24) is 0 Å². The van der Waals surface area contributed by atoms with Crippen LogP contribution in [0.15, 0.2) is 0 Å². The van der Waals surface area contributed by atoms with Crippen LogP contribution in [0.3, 0.4) is 0 Å². The summed E-state index contributed by atoms with van der Waals surface area (Å²) in [7, 11) is 0. The van der Waals surface area contributed by atoms with Crippen molar-refractivity contribution in [3.8, 4) is 0 Å². The summed E-state index contributed by atoms with van der Waals surface area (Å²) < 4.78 is 19.8. The quantitative estimate of drug-likeness (QED) is 0.245. The largest absolute Gasteiger partial charge is 2.00 e. The Labute approximate surface area is 906 Å². The second kappa shape index (κ2) is 177. The molecular formula is C64H148Ba6Eu2O22-4. The second-order valence-electron chi connectivity index (χ2n) is 22.1. The predicted molar refractivity (Wildman–Crippen MR) is 365 cm³/mol. The van der Waals surface area contributed by atoms with Crippen LogP contribution in [0.4, 0.5) is 0 Å². The summed E-state index contributed by atoms with van der Waals surface area (Å²) in [6.07, 6.45) is 4.06. The van der Waals surface area contributed by atoms with Crippen molar-refractivity contribution in [1.29, 1.82) is 0 Å². The molecule has 22 nitrogen and oxygen atoms in total. The van der Waals surface area contributed by atoms with Crippen LogP contribution < -0.4 is 71.5 Å². The Kier molecular flexibility index (Phi) is 344. The Morgan fingerprint density at radius 1 is 0.181 bits per heavy atom. The fourth-order valence-corrected chi connectivity index (χ4v) is 2.04. The molecule has 0 bridgehead atoms. The van der Waals surface area contributed by atoms with E-state index >= 15 is 0 Å². The number of ether oxygens (including phenoxy) is 4. The molecule has 0 aromatic rings. The molecule has 0 unspecified atom stereocenters. The summed E-state index contributed by atoms with van der Waals surface area (Å²) in [6, 6.07) is 0. The molecule has 4 heterocycles. The van der Waals surface area contributed by atoms with Gasteiger partial charge in [-0.25, -0.2) is 0 Å². The van der Waals surface area contributed by atoms with Crippen LogP contribution in [0.1, 0.15) is 273 Å². The van der Waals surface area contributed by atoms with E-state index in [0.717, 1.165) is 52.9 Å². The number of aliphatic hydroxyl groups is 2. The van der Waals surface area contributed by atoms with Crippen LogP contribution in [-0.4, -0.2) is 465 Å². The Bertz CT molecular complexity index is 590. The molecule has 0 aromatic heterocycles. The fraction of sp³-hybridized carbons (Fsp3) is 1.00. The van der Waals surface area contributed by atoms with Crippen molar-refractivity contribution in [2.45, 2.75) is 371 Å². The van der Waals surface area contributed by atoms with Gasteiger partial charge in [-0.1, -0.05) is 194 Å². The second-order valence-corrected chi connectivity index (χ2v) is 22.1. The summed E-state index contributed by atoms with van der Waals surface area (Å²) >= 11 is 0. The molecule has 4 N–H and O–H groups in total. The third-order valence-corrected chi connectivity index (χ3v) is 3.31. The Morgan fingerprint density at radius 3 is 0.223 bits per heavy atom. The summed E-state index contributed by atoms with van der Waals surface area (Å²) in [5.74, 6) is 0. The smallest absolute Gasteiger partial charge is 0.870 e. The molecule has 4 fully saturated rings. The van der Waals surface area contributed by atoms with Crippen LogP contribution in [0.25, 0.3) is 0 Å². The number of aliphatic hydroxyl groups excluding tert-OH is 2. The molecule has 94 heavy (non-hydrogen) atoms. The average molecular weight is 2400 g/mol. The molecule has 30 heteroatoms. The molecule has 0 amide bonds. The minimum absolute atomic E-state index is 0. The Morgan fingerprint density at radius 2 is 0.213 bits per heavy atom. The molecule has 566 valence electrons. The molecule has 0 saturated carbocycles. The molecule has 4 saturated heterocycles. The van der Waals surface area contributed by atoms with Crippen LogP contribution in [0.2, 0.25) is 0 Å². The van der Waals surface area contributed by atoms with Crippen LogP contribution >= 0.6 is 0 Å². The minimum atomic E-state index is -0.417. The average Bonchev–Trinajstić information content (AvgIpc) is 4.07. The molecule has 2 radical (unpaired) electrons. The summed E-state index contributed by atoms with van der Waals surface area (Å²) in [5, 5.41) is 149. The molecular weight excluding hydrogens is 2250 g/mol. The topological polar surface area (TPSA) is 460 Å². The zero-order valence-corrected chi connectivity index (χ0v) is 98.2. The van der Waals surface area contributed by atoms with Crippen LogP contribution in [0.5, 0.6) is 0 Å². The first-order chi connectivity index (χ1) is 37.7. The van der Waals surface area contributed by atoms with Gasteiger partial charge in [-0.05, 0) is 79.1 Å². The zero-order chi connectivity index (χ0) is 71.4. The molecule has 0 aromatic carbocycles. The van der Waals surface area contributed by atoms with Gasteiger partial charge in [0, 0.05) is 164 Å². The summed E-state index contributed by atoms with van der Waals surface area (Å²) in [6.45, 7) is 60.0. The van der Waals surface area contributed by atoms with Crippen LogP contribution in [-0.2, 0) is 18.9 Å². The van der Waals surface area contributed by atoms with Crippen molar-refractivity contribution in [2.75, 3.05) is 52.9 Å². The van der Waals surface area contributed by atoms with E-state index < -0.39 is 85.5 Å². The Balaban J connectivity index is -0.0000000215. The van der Waals surface area contributed by atoms with E-state index in [4.69, 9.17) is 29.2 Å². The summed E-state index contributed by atoms with van der Waals surface area (Å²) in [4.78, 5) is 0. The molecule has 4 rings (SSSR count). The third-order valence-electron chi connectivity index (χ3n) is 3.31. The van der Waals surface area contributed by atoms with Gasteiger partial charge in [0.15, 0.2) is 0 Å². The minimum Gasteiger partial charge on any atom is -0.870 e. The summed E-state index contributed by atoms with van der Waals surface area (Å²) in [5.41, 5.74) is 0. The normalized spacial score (nSPS) is 11.2. The number of rotatable bonds is 0. The van der Waals surface area contributed by atoms with Crippen molar-refractivity contribution in [3.05, 3.63) is 0 Å². The van der Waals surface area contributed by atoms with E-state index in [0.29, 0.717) is 0 Å². The maximum absolute atomic E-state index is 9.53. The van der Waals surface area contributed by atoms with E-state index in [1.807, 2.05) is 0 Å². The van der Waals surface area contributed by atoms with Crippen molar-refractivity contribution in [2.24, 2.45) is 0 Å². The monoisotopic (exact) mass is 2400 g/mol. The first-order valence-corrected chi connectivity index (χ1v) is 30.6. The zero-order valence-electron chi connectivity index (χ0n) is 66.7. The predicted octanol–water partition coefficient (Wildman–Crippen LogP) is -2.11. The molecule has 0 aliphatic carbocycles. The van der Waals surface area contributed by atoms with E-state index in [9.17, 15) is 71.5 Å². The SMILES string of the molecule is C1CCOC1.C1CCOC1.C1CCOC1.C1CCOC1.CC(C)O.CC(C)O.CC(C)[O-].CC(C)[O-].CC(C)[O-].CC(C)[O-].CC(C)[O-].CC(C)[O-].CC(C)[O-].CC(C)[O-].CC(C)[O-].CC(C)[O-].CC(C)[O-].CC(C)[O-].CC(C)[O-].CC(C)[O-].[Ba+2].[Ba+2].[Ba+2].[Ba+2].[Ba+2].[Ba+2].[Eu].[Eu].[OH-].[OH-]. The van der Waals surface area contributed by atoms with E-state index in [1.165, 1.54) is 51.4 Å². The standard InChI is InChI=1S/4C4H8O.2C3H8O.14C3H7O.6Ba.2Eu.2H2O/c4*1-2-4-5-3-1;16*1-3(2)4;;;;;;;;;;/h4*1-4H2;2*3-4H,1-2H3;14*3H,1-2H3;;;;;;;;;2*1H2/q;;;;;;14*-1;6*+2;;;;/p-2. The fourth-order valence-electron chi connectivity index (χ4n) is 2.04. The molecule has 0 atom stereocenters. The van der Waals surface area contributed by atoms with Gasteiger partial charge in [-0.3, -0.25) is 0 Å². The van der Waals surface area contributed by atoms with Gasteiger partial charge in [0.05, 0.1) is 0 Å². The van der Waals surface area contributed by atoms with Gasteiger partial charge in [0.2, 0.25) is 0 Å². The van der Waals surface area contributed by atoms with Crippen LogP contribution in [0, 0.1) is 98.8 Å². The van der Waals surface area contributed by atoms with Crippen molar-refractivity contribution < 1.29 is 210 Å². The van der Waals surface area contributed by atoms with Crippen molar-refractivity contribution in [3.63, 3.8) is 0 Å². The maximum atomic E-state index is 9.53. The number of hydrogen-bond donors (Lipinski definition) is 2. The molecule has 0 spiro atoms. The third kappa shape index (κ3) is 1090. The van der Waals surface area contributed by atoms with E-state index in [2.05, 4.69) is 0 Å². The van der Waals surface area contributed by atoms with Gasteiger partial charge in [0.1, 0.15) is 0 Å². The van der Waals surface area contributed by atoms with E-state index in [-0.39, 0.29) is 415 Å². The van der Waals surface area contributed by atoms with E-state index in [1.54, 1.807) is 222 Å². The first-order valence-electron chi connectivity index (χ1n) is 30.6. The number of hydrogen-bond acceptors (Lipinski definition) is 22. The first kappa shape index (κ1) is 182. The van der Waals surface area contributed by atoms with Gasteiger partial charge in [-0.2, -0.15) is 0 Å². The van der Waals surface area contributed by atoms with Gasteiger partial charge in [-0.15, -0.1) is 85.5 Å². The maximum Gasteiger partial charge on any atom is 2.00 e. The molecule has 4 aliphatic heterocycles. The molecule has 4 aliphatic rings.